The van der Waals surface area contributed by atoms with E-state index in [9.17, 15) is 4.79 Å². The summed E-state index contributed by atoms with van der Waals surface area (Å²) in [7, 11) is 0. The monoisotopic (exact) mass is 311 g/mol. The Morgan fingerprint density at radius 2 is 2.19 bits per heavy atom. The first-order valence-corrected chi connectivity index (χ1v) is 7.17. The van der Waals surface area contributed by atoms with E-state index in [0.717, 1.165) is 38.9 Å². The molecule has 0 bridgehead atoms. The van der Waals surface area contributed by atoms with Gasteiger partial charge in [0, 0.05) is 31.3 Å². The molecule has 0 spiro atoms. The molecule has 5 nitrogen and oxygen atoms in total. The van der Waals surface area contributed by atoms with E-state index in [4.69, 9.17) is 26.2 Å². The Hall–Kier alpha value is -1.56. The van der Waals surface area contributed by atoms with Crippen molar-refractivity contribution in [3.8, 4) is 5.75 Å². The minimum Gasteiger partial charge on any atom is -0.490 e. The van der Waals surface area contributed by atoms with Crippen molar-refractivity contribution < 1.29 is 19.4 Å². The van der Waals surface area contributed by atoms with Gasteiger partial charge in [-0.1, -0.05) is 23.7 Å². The van der Waals surface area contributed by atoms with Gasteiger partial charge in [-0.2, -0.15) is 0 Å². The lowest BCUT2D eigenvalue weighted by Crippen LogP contribution is -2.38. The van der Waals surface area contributed by atoms with Crippen molar-refractivity contribution in [1.82, 2.24) is 4.90 Å². The molecular formula is C15H18ClNO4. The molecule has 1 saturated heterocycles. The number of carboxylic acid groups (broad SMARTS) is 1. The molecule has 1 aromatic carbocycles. The normalized spacial score (nSPS) is 16.2. The Bertz CT molecular complexity index is 512. The first-order valence-electron chi connectivity index (χ1n) is 6.79. The number of rotatable bonds is 6. The highest BCUT2D eigenvalue weighted by Crippen LogP contribution is 2.29. The van der Waals surface area contributed by atoms with Crippen LogP contribution in [0.1, 0.15) is 5.56 Å². The molecule has 1 aromatic rings. The van der Waals surface area contributed by atoms with Crippen LogP contribution in [0.4, 0.5) is 0 Å². The largest absolute Gasteiger partial charge is 0.490 e. The fraction of sp³-hybridized carbons (Fsp3) is 0.400. The zero-order chi connectivity index (χ0) is 15.1. The number of aliphatic carboxylic acids is 1. The lowest BCUT2D eigenvalue weighted by Gasteiger charge is -2.26. The van der Waals surface area contributed by atoms with E-state index in [1.54, 1.807) is 18.2 Å². The molecule has 0 aliphatic carbocycles. The van der Waals surface area contributed by atoms with E-state index in [1.165, 1.54) is 6.08 Å². The average Bonchev–Trinajstić information content (AvgIpc) is 2.48. The average molecular weight is 312 g/mol. The third kappa shape index (κ3) is 5.04. The van der Waals surface area contributed by atoms with Gasteiger partial charge in [0.05, 0.1) is 18.2 Å². The number of carbonyl (C=O) groups is 1. The molecule has 1 heterocycles. The molecule has 0 amide bonds. The second kappa shape index (κ2) is 8.02. The second-order valence-corrected chi connectivity index (χ2v) is 5.04. The van der Waals surface area contributed by atoms with Crippen LogP contribution < -0.4 is 4.74 Å². The smallest absolute Gasteiger partial charge is 0.328 e. The van der Waals surface area contributed by atoms with Crippen LogP contribution in [0.5, 0.6) is 5.75 Å². The number of carboxylic acids is 1. The summed E-state index contributed by atoms with van der Waals surface area (Å²) in [6.07, 6.45) is 2.55. The Labute approximate surface area is 128 Å². The van der Waals surface area contributed by atoms with Crippen LogP contribution in [0, 0.1) is 0 Å². The number of morpholine rings is 1. The topological polar surface area (TPSA) is 59.0 Å². The molecule has 114 valence electrons. The minimum atomic E-state index is -1.01. The van der Waals surface area contributed by atoms with Crippen LogP contribution >= 0.6 is 11.6 Å². The van der Waals surface area contributed by atoms with Gasteiger partial charge >= 0.3 is 5.97 Å². The van der Waals surface area contributed by atoms with Crippen molar-refractivity contribution in [2.24, 2.45) is 0 Å². The molecule has 0 radical (unpaired) electrons. The molecular weight excluding hydrogens is 294 g/mol. The van der Waals surface area contributed by atoms with E-state index in [-0.39, 0.29) is 0 Å². The lowest BCUT2D eigenvalue weighted by molar-refractivity contribution is -0.131. The van der Waals surface area contributed by atoms with Crippen LogP contribution in [0.25, 0.3) is 6.08 Å². The Balaban J connectivity index is 1.96. The molecule has 6 heteroatoms. The maximum Gasteiger partial charge on any atom is 0.328 e. The molecule has 0 unspecified atom stereocenters. The van der Waals surface area contributed by atoms with Gasteiger partial charge in [-0.25, -0.2) is 4.79 Å². The summed E-state index contributed by atoms with van der Waals surface area (Å²) in [5.74, 6) is -0.487. The van der Waals surface area contributed by atoms with E-state index in [0.29, 0.717) is 22.9 Å². The van der Waals surface area contributed by atoms with Crippen LogP contribution in [-0.4, -0.2) is 55.4 Å². The number of ether oxygens (including phenoxy) is 2. The van der Waals surface area contributed by atoms with E-state index in [2.05, 4.69) is 4.90 Å². The van der Waals surface area contributed by atoms with Gasteiger partial charge in [-0.05, 0) is 12.1 Å². The molecule has 1 N–H and O–H groups in total. The summed E-state index contributed by atoms with van der Waals surface area (Å²) in [4.78, 5) is 12.9. The molecule has 2 rings (SSSR count). The lowest BCUT2D eigenvalue weighted by atomic mass is 10.2. The maximum absolute atomic E-state index is 10.6. The summed E-state index contributed by atoms with van der Waals surface area (Å²) < 4.78 is 11.0. The number of hydrogen-bond acceptors (Lipinski definition) is 4. The molecule has 1 aliphatic rings. The van der Waals surface area contributed by atoms with Gasteiger partial charge in [-0.15, -0.1) is 0 Å². The van der Waals surface area contributed by atoms with Gasteiger partial charge in [0.25, 0.3) is 0 Å². The van der Waals surface area contributed by atoms with Gasteiger partial charge in [0.2, 0.25) is 0 Å². The third-order valence-electron chi connectivity index (χ3n) is 3.16. The van der Waals surface area contributed by atoms with Crippen molar-refractivity contribution in [1.29, 1.82) is 0 Å². The molecule has 0 aromatic heterocycles. The van der Waals surface area contributed by atoms with Crippen LogP contribution in [0.15, 0.2) is 24.3 Å². The summed E-state index contributed by atoms with van der Waals surface area (Å²) in [6, 6.07) is 5.26. The standard InChI is InChI=1S/C15H18ClNO4/c16-13-3-1-2-12(4-5-14(18)19)15(13)21-11-8-17-6-9-20-10-7-17/h1-5H,6-11H2,(H,18,19)/b5-4+. The van der Waals surface area contributed by atoms with Gasteiger partial charge in [0.1, 0.15) is 12.4 Å². The molecule has 0 atom stereocenters. The fourth-order valence-electron chi connectivity index (χ4n) is 2.07. The van der Waals surface area contributed by atoms with Crippen LogP contribution in [-0.2, 0) is 9.53 Å². The summed E-state index contributed by atoms with van der Waals surface area (Å²) in [5, 5.41) is 9.18. The molecule has 0 saturated carbocycles. The van der Waals surface area contributed by atoms with Crippen molar-refractivity contribution >= 4 is 23.6 Å². The van der Waals surface area contributed by atoms with Gasteiger partial charge in [0.15, 0.2) is 0 Å². The number of para-hydroxylation sites is 1. The second-order valence-electron chi connectivity index (χ2n) is 4.63. The summed E-state index contributed by atoms with van der Waals surface area (Å²) in [5.41, 5.74) is 0.659. The first-order chi connectivity index (χ1) is 10.2. The van der Waals surface area contributed by atoms with Crippen LogP contribution in [0.2, 0.25) is 5.02 Å². The quantitative estimate of drug-likeness (QED) is 0.816. The molecule has 1 fully saturated rings. The van der Waals surface area contributed by atoms with Crippen molar-refractivity contribution in [3.63, 3.8) is 0 Å². The Kier molecular flexibility index (Phi) is 6.04. The summed E-state index contributed by atoms with van der Waals surface area (Å²) in [6.45, 7) is 4.58. The number of benzene rings is 1. The predicted molar refractivity (Wildman–Crippen MR) is 80.9 cm³/mol. The predicted octanol–water partition coefficient (Wildman–Crippen LogP) is 2.15. The van der Waals surface area contributed by atoms with Crippen molar-refractivity contribution in [2.75, 3.05) is 39.5 Å². The zero-order valence-corrected chi connectivity index (χ0v) is 12.4. The van der Waals surface area contributed by atoms with Gasteiger partial charge < -0.3 is 14.6 Å². The van der Waals surface area contributed by atoms with E-state index < -0.39 is 5.97 Å². The highest BCUT2D eigenvalue weighted by molar-refractivity contribution is 6.32. The first kappa shape index (κ1) is 15.8. The highest BCUT2D eigenvalue weighted by Gasteiger charge is 2.11. The van der Waals surface area contributed by atoms with E-state index >= 15 is 0 Å². The number of hydrogen-bond donors (Lipinski definition) is 1. The number of halogens is 1. The molecule has 21 heavy (non-hydrogen) atoms. The molecule has 1 aliphatic heterocycles. The van der Waals surface area contributed by atoms with Crippen LogP contribution in [0.3, 0.4) is 0 Å². The van der Waals surface area contributed by atoms with E-state index in [1.807, 2.05) is 0 Å². The zero-order valence-electron chi connectivity index (χ0n) is 11.6. The highest BCUT2D eigenvalue weighted by atomic mass is 35.5. The third-order valence-corrected chi connectivity index (χ3v) is 3.46. The maximum atomic E-state index is 10.6. The fourth-order valence-corrected chi connectivity index (χ4v) is 2.31. The van der Waals surface area contributed by atoms with Crippen molar-refractivity contribution in [2.45, 2.75) is 0 Å². The Morgan fingerprint density at radius 1 is 1.43 bits per heavy atom. The number of nitrogens with zero attached hydrogens (tertiary/aromatic N) is 1. The minimum absolute atomic E-state index is 0.476. The SMILES string of the molecule is O=C(O)/C=C/c1cccc(Cl)c1OCCN1CCOCC1. The van der Waals surface area contributed by atoms with Gasteiger partial charge in [-0.3, -0.25) is 4.90 Å². The summed E-state index contributed by atoms with van der Waals surface area (Å²) >= 11 is 6.13. The van der Waals surface area contributed by atoms with Crippen molar-refractivity contribution in [3.05, 3.63) is 34.9 Å². The Morgan fingerprint density at radius 3 is 2.90 bits per heavy atom.